The predicted octanol–water partition coefficient (Wildman–Crippen LogP) is 5.37. The Morgan fingerprint density at radius 3 is 2.54 bits per heavy atom. The number of ether oxygens (including phenoxy) is 1. The number of aliphatic hydroxyl groups excluding tert-OH is 1. The van der Waals surface area contributed by atoms with E-state index in [4.69, 9.17) is 39.5 Å². The van der Waals surface area contributed by atoms with E-state index >= 15 is 8.78 Å². The van der Waals surface area contributed by atoms with Gasteiger partial charge in [-0.1, -0.05) is 68.1 Å². The van der Waals surface area contributed by atoms with Crippen LogP contribution in [0.25, 0.3) is 0 Å². The first-order valence-electron chi connectivity index (χ1n) is 16.1. The molecule has 0 radical (unpaired) electrons. The minimum atomic E-state index is -1.55. The molecular formula is C36H43Cl2F2N5O5. The smallest absolute Gasteiger partial charge is 0.317 e. The summed E-state index contributed by atoms with van der Waals surface area (Å²) in [6, 6.07) is 8.35. The maximum atomic E-state index is 16.0. The average molecular weight is 735 g/mol. The average Bonchev–Trinajstić information content (AvgIpc) is 3.57. The van der Waals surface area contributed by atoms with Gasteiger partial charge in [-0.25, -0.2) is 8.78 Å². The summed E-state index contributed by atoms with van der Waals surface area (Å²) in [7, 11) is 0. The first-order valence-corrected chi connectivity index (χ1v) is 16.8. The summed E-state index contributed by atoms with van der Waals surface area (Å²) >= 11 is 12.4. The van der Waals surface area contributed by atoms with E-state index in [9.17, 15) is 14.7 Å². The number of benzene rings is 2. The summed E-state index contributed by atoms with van der Waals surface area (Å²) in [5, 5.41) is 32.1. The molecule has 14 heteroatoms. The van der Waals surface area contributed by atoms with Crippen molar-refractivity contribution in [1.29, 1.82) is 0 Å². The van der Waals surface area contributed by atoms with Crippen molar-refractivity contribution in [2.75, 3.05) is 25.0 Å². The Hall–Kier alpha value is -3.57. The van der Waals surface area contributed by atoms with Crippen molar-refractivity contribution in [1.82, 2.24) is 20.4 Å². The van der Waals surface area contributed by atoms with Crippen molar-refractivity contribution in [2.24, 2.45) is 5.41 Å². The molecule has 1 aliphatic heterocycles. The van der Waals surface area contributed by atoms with Crippen LogP contribution < -0.4 is 16.0 Å². The molecule has 0 bridgehead atoms. The molecule has 4 rings (SSSR count). The maximum Gasteiger partial charge on any atom is 0.317 e. The summed E-state index contributed by atoms with van der Waals surface area (Å²) in [6.07, 6.45) is 7.44. The zero-order valence-electron chi connectivity index (χ0n) is 28.6. The minimum absolute atomic E-state index is 0.0395. The first-order chi connectivity index (χ1) is 23.4. The molecule has 5 atom stereocenters. The van der Waals surface area contributed by atoms with E-state index in [2.05, 4.69) is 27.0 Å². The van der Waals surface area contributed by atoms with Gasteiger partial charge in [-0.05, 0) is 49.4 Å². The fourth-order valence-corrected chi connectivity index (χ4v) is 6.84. The van der Waals surface area contributed by atoms with Crippen LogP contribution in [-0.2, 0) is 26.3 Å². The van der Waals surface area contributed by atoms with E-state index in [1.807, 2.05) is 20.8 Å². The first kappa shape index (κ1) is 39.2. The lowest BCUT2D eigenvalue weighted by Crippen LogP contribution is -2.45. The van der Waals surface area contributed by atoms with Crippen molar-refractivity contribution >= 4 is 40.9 Å². The van der Waals surface area contributed by atoms with E-state index in [0.29, 0.717) is 6.42 Å². The Morgan fingerprint density at radius 2 is 1.90 bits per heavy atom. The number of aromatic nitrogens is 2. The Labute approximate surface area is 300 Å². The van der Waals surface area contributed by atoms with Crippen molar-refractivity contribution < 1.29 is 33.3 Å². The zero-order chi connectivity index (χ0) is 37.0. The number of anilines is 1. The van der Waals surface area contributed by atoms with Crippen LogP contribution in [0, 0.1) is 29.4 Å². The Balaban J connectivity index is 1.64. The number of carbonyl (C=O) groups excluding carboxylic acids is 1. The number of aliphatic carboxylic acids is 1. The number of halogens is 4. The summed E-state index contributed by atoms with van der Waals surface area (Å²) in [5.74, 6) is -1.15. The van der Waals surface area contributed by atoms with Gasteiger partial charge in [0.15, 0.2) is 5.82 Å². The fourth-order valence-electron chi connectivity index (χ4n) is 6.50. The SMILES string of the molecule is C#C[C@]1(c2ccc(Cl)cc2F)[C@H](CC(C)(C)C)N[C@@H](C(=O)Nc2ccn(CC(C)(C)OC[C@@H](O)CNCC(=O)O)n2)[C@@H]1c1cccc(Cl)c1F. The number of amides is 1. The van der Waals surface area contributed by atoms with E-state index in [-0.39, 0.29) is 58.6 Å². The largest absolute Gasteiger partial charge is 0.480 e. The molecule has 0 aliphatic carbocycles. The van der Waals surface area contributed by atoms with Crippen molar-refractivity contribution in [3.8, 4) is 12.3 Å². The zero-order valence-corrected chi connectivity index (χ0v) is 30.1. The van der Waals surface area contributed by atoms with E-state index in [0.717, 1.165) is 6.07 Å². The van der Waals surface area contributed by atoms with Crippen LogP contribution in [0.1, 0.15) is 58.1 Å². The number of rotatable bonds is 14. The number of carboxylic acid groups (broad SMARTS) is 1. The van der Waals surface area contributed by atoms with Gasteiger partial charge >= 0.3 is 5.97 Å². The third-order valence-corrected chi connectivity index (χ3v) is 9.07. The Kier molecular flexibility index (Phi) is 12.4. The molecule has 0 saturated carbocycles. The third-order valence-electron chi connectivity index (χ3n) is 8.54. The lowest BCUT2D eigenvalue weighted by molar-refractivity contribution is -0.136. The number of hydrogen-bond donors (Lipinski definition) is 5. The molecule has 5 N–H and O–H groups in total. The van der Waals surface area contributed by atoms with Gasteiger partial charge in [-0.15, -0.1) is 6.42 Å². The van der Waals surface area contributed by atoms with Crippen LogP contribution in [0.5, 0.6) is 0 Å². The molecule has 0 unspecified atom stereocenters. The van der Waals surface area contributed by atoms with Crippen LogP contribution >= 0.6 is 23.2 Å². The second-order valence-corrected chi connectivity index (χ2v) is 15.2. The standard InChI is InChI=1S/C36H43Cl2F2N5O5/c1-7-36(24-12-11-21(37)15-26(24)39)27(16-34(2,3)4)42-32(30(36)23-9-8-10-25(38)31(23)40)33(49)43-28-13-14-45(44-28)20-35(5,6)50-19-22(46)17-41-18-29(47)48/h1,8-15,22,27,30,32,41-42,46H,16-20H2,2-6H3,(H,47,48)(H,43,44,49)/t22-,27-,30-,32+,36-/m0/s1. The summed E-state index contributed by atoms with van der Waals surface area (Å²) in [4.78, 5) is 24.9. The van der Waals surface area contributed by atoms with Crippen LogP contribution in [0.15, 0.2) is 48.7 Å². The number of nitrogens with zero attached hydrogens (tertiary/aromatic N) is 2. The molecule has 1 aromatic heterocycles. The molecule has 1 amide bonds. The van der Waals surface area contributed by atoms with E-state index in [1.54, 1.807) is 36.9 Å². The molecule has 1 saturated heterocycles. The maximum absolute atomic E-state index is 16.0. The predicted molar refractivity (Wildman–Crippen MR) is 188 cm³/mol. The number of nitrogens with one attached hydrogen (secondary N) is 3. The molecule has 3 aromatic rings. The van der Waals surface area contributed by atoms with Gasteiger partial charge in [0.1, 0.15) is 11.6 Å². The van der Waals surface area contributed by atoms with Gasteiger partial charge in [0.25, 0.3) is 0 Å². The normalized spacial score (nSPS) is 21.5. The molecule has 2 heterocycles. The summed E-state index contributed by atoms with van der Waals surface area (Å²) in [5.41, 5.74) is -2.55. The highest BCUT2D eigenvalue weighted by molar-refractivity contribution is 6.31. The van der Waals surface area contributed by atoms with Gasteiger partial charge in [-0.3, -0.25) is 14.3 Å². The van der Waals surface area contributed by atoms with Crippen LogP contribution in [-0.4, -0.2) is 75.4 Å². The number of aliphatic hydroxyl groups is 1. The lowest BCUT2D eigenvalue weighted by atomic mass is 9.62. The van der Waals surface area contributed by atoms with Gasteiger partial charge in [-0.2, -0.15) is 5.10 Å². The minimum Gasteiger partial charge on any atom is -0.480 e. The molecule has 0 spiro atoms. The molecule has 10 nitrogen and oxygen atoms in total. The summed E-state index contributed by atoms with van der Waals surface area (Å²) < 4.78 is 39.3. The molecule has 1 fully saturated rings. The van der Waals surface area contributed by atoms with Crippen LogP contribution in [0.3, 0.4) is 0 Å². The third kappa shape index (κ3) is 9.20. The van der Waals surface area contributed by atoms with Gasteiger partial charge in [0.2, 0.25) is 5.91 Å². The number of carboxylic acids is 1. The van der Waals surface area contributed by atoms with Crippen LogP contribution in [0.2, 0.25) is 10.0 Å². The Bertz CT molecular complexity index is 1740. The lowest BCUT2D eigenvalue weighted by Gasteiger charge is -2.39. The highest BCUT2D eigenvalue weighted by Gasteiger charge is 2.60. The monoisotopic (exact) mass is 733 g/mol. The molecule has 50 heavy (non-hydrogen) atoms. The molecule has 1 aliphatic rings. The van der Waals surface area contributed by atoms with Crippen molar-refractivity contribution in [3.05, 3.63) is 81.5 Å². The van der Waals surface area contributed by atoms with Crippen LogP contribution in [0.4, 0.5) is 14.6 Å². The molecule has 270 valence electrons. The fraction of sp³-hybridized carbons (Fsp3) is 0.472. The quantitative estimate of drug-likeness (QED) is 0.140. The topological polar surface area (TPSA) is 138 Å². The van der Waals surface area contributed by atoms with Crippen molar-refractivity contribution in [2.45, 2.75) is 82.7 Å². The van der Waals surface area contributed by atoms with Gasteiger partial charge in [0, 0.05) is 41.4 Å². The number of carbonyl (C=O) groups is 2. The van der Waals surface area contributed by atoms with E-state index in [1.165, 1.54) is 24.3 Å². The molecular weight excluding hydrogens is 691 g/mol. The highest BCUT2D eigenvalue weighted by Crippen LogP contribution is 2.52. The second-order valence-electron chi connectivity index (χ2n) is 14.4. The number of hydrogen-bond acceptors (Lipinski definition) is 7. The van der Waals surface area contributed by atoms with E-state index < -0.39 is 58.6 Å². The second kappa shape index (κ2) is 15.8. The number of terminal acetylenes is 1. The summed E-state index contributed by atoms with van der Waals surface area (Å²) in [6.45, 7) is 9.50. The Morgan fingerprint density at radius 1 is 1.18 bits per heavy atom. The molecule has 2 aromatic carbocycles. The highest BCUT2D eigenvalue weighted by atomic mass is 35.5. The van der Waals surface area contributed by atoms with Gasteiger partial charge < -0.3 is 30.9 Å². The van der Waals surface area contributed by atoms with Gasteiger partial charge in [0.05, 0.1) is 47.9 Å². The van der Waals surface area contributed by atoms with Crippen molar-refractivity contribution in [3.63, 3.8) is 0 Å².